The van der Waals surface area contributed by atoms with Gasteiger partial charge in [-0.3, -0.25) is 19.4 Å². The number of esters is 1. The second kappa shape index (κ2) is 32.4. The summed E-state index contributed by atoms with van der Waals surface area (Å²) < 4.78 is 12.7. The summed E-state index contributed by atoms with van der Waals surface area (Å²) >= 11 is 7.39. The number of fused-ring (bicyclic) bond motifs is 4. The van der Waals surface area contributed by atoms with E-state index in [0.717, 1.165) is 140 Å². The van der Waals surface area contributed by atoms with E-state index in [1.807, 2.05) is 47.0 Å². The van der Waals surface area contributed by atoms with Gasteiger partial charge in [0.1, 0.15) is 24.4 Å². The van der Waals surface area contributed by atoms with Gasteiger partial charge in [0.25, 0.3) is 0 Å². The monoisotopic (exact) mass is 1410 g/mol. The van der Waals surface area contributed by atoms with Crippen LogP contribution in [-0.4, -0.2) is 90.2 Å². The number of carbonyl (C=O) groups is 2. The maximum atomic E-state index is 11.4. The first-order chi connectivity index (χ1) is 37.1. The van der Waals surface area contributed by atoms with Crippen LogP contribution in [0.25, 0.3) is 44.1 Å². The molecular weight excluding hydrogens is 1350 g/mol. The number of benzene rings is 2. The van der Waals surface area contributed by atoms with Crippen molar-refractivity contribution in [2.24, 2.45) is 0 Å². The first kappa shape index (κ1) is 60.7. The van der Waals surface area contributed by atoms with Gasteiger partial charge in [-0.1, -0.05) is 63.1 Å². The van der Waals surface area contributed by atoms with Crippen molar-refractivity contribution in [2.75, 3.05) is 24.4 Å². The number of halogens is 3. The number of aromatic nitrogens is 12. The number of nitrogens with one attached hydrogen (secondary N) is 4. The van der Waals surface area contributed by atoms with Crippen LogP contribution in [-0.2, 0) is 36.8 Å². The number of H-pyrrole nitrogens is 1. The quantitative estimate of drug-likeness (QED) is 0.0112. The Labute approximate surface area is 480 Å². The van der Waals surface area contributed by atoms with Crippen molar-refractivity contribution in [2.45, 2.75) is 135 Å². The molecule has 6 aromatic heterocycles. The molecule has 0 saturated carbocycles. The molecule has 1 aliphatic rings. The van der Waals surface area contributed by atoms with Gasteiger partial charge in [-0.2, -0.15) is 6.92 Å². The number of nitrogens with zero attached hydrogens (tertiary/aromatic N) is 11. The van der Waals surface area contributed by atoms with Crippen LogP contribution in [0.2, 0.25) is 0 Å². The Balaban J connectivity index is 0.000000226. The van der Waals surface area contributed by atoms with E-state index in [-0.39, 0.29) is 35.1 Å². The summed E-state index contributed by atoms with van der Waals surface area (Å²) in [5, 5.41) is 17.7. The molecule has 1 saturated heterocycles. The Morgan fingerprint density at radius 1 is 0.776 bits per heavy atom. The van der Waals surface area contributed by atoms with Crippen LogP contribution in [0.3, 0.4) is 0 Å². The molecule has 0 radical (unpaired) electrons. The van der Waals surface area contributed by atoms with E-state index in [4.69, 9.17) is 34.6 Å². The topological polar surface area (TPSA) is 259 Å². The van der Waals surface area contributed by atoms with Gasteiger partial charge in [-0.05, 0) is 82.8 Å². The van der Waals surface area contributed by atoms with Gasteiger partial charge in [-0.15, -0.1) is 0 Å². The molecule has 1 amide bonds. The summed E-state index contributed by atoms with van der Waals surface area (Å²) in [6.07, 6.45) is 18.6. The number of hydroxylamine groups is 1. The van der Waals surface area contributed by atoms with Crippen LogP contribution < -0.4 is 16.1 Å². The second-order valence-corrected chi connectivity index (χ2v) is 52.8. The van der Waals surface area contributed by atoms with Crippen molar-refractivity contribution >= 4 is 128 Å². The first-order valence-electron chi connectivity index (χ1n) is 25.6. The van der Waals surface area contributed by atoms with Crippen molar-refractivity contribution < 1.29 is 29.2 Å². The number of methoxy groups -OCH3 is 1. The molecule has 8 aromatic rings. The van der Waals surface area contributed by atoms with Crippen molar-refractivity contribution in [1.82, 2.24) is 64.9 Å². The van der Waals surface area contributed by atoms with Crippen LogP contribution in [0.1, 0.15) is 146 Å². The van der Waals surface area contributed by atoms with Gasteiger partial charge < -0.3 is 32.0 Å². The molecule has 1 fully saturated rings. The zero-order valence-electron chi connectivity index (χ0n) is 43.3. The van der Waals surface area contributed by atoms with Crippen LogP contribution in [0.5, 0.6) is 0 Å². The number of hydrogen-bond donors (Lipinski definition) is 5. The van der Waals surface area contributed by atoms with E-state index in [0.29, 0.717) is 41.5 Å². The average molecular weight is 1410 g/mol. The number of rotatable bonds is 21. The molecule has 76 heavy (non-hydrogen) atoms. The van der Waals surface area contributed by atoms with E-state index >= 15 is 0 Å². The SMILES string of the molecule is CC[C@H](Nc1ncnc2c1ncn2C1CCCCO1)c1nc(CCCCCC(=O)OC)c2ccccc2n1.CC[C@H](Nc1ncnc2nc[nH]c12)c1nc(CCCCCC(=O)NO)c2ccccc2n1.[CH2-]C.[I][V]([I])[I]. The van der Waals surface area contributed by atoms with Crippen molar-refractivity contribution in [1.29, 1.82) is 0 Å². The number of aromatic amines is 1. The van der Waals surface area contributed by atoms with E-state index in [1.54, 1.807) is 31.4 Å². The van der Waals surface area contributed by atoms with E-state index in [1.165, 1.54) is 13.4 Å². The van der Waals surface area contributed by atoms with E-state index in [2.05, 4.69) is 132 Å². The molecule has 9 rings (SSSR count). The van der Waals surface area contributed by atoms with Gasteiger partial charge in [0.05, 0.1) is 54.3 Å². The average Bonchev–Trinajstić information content (AvgIpc) is 4.14. The number of amides is 1. The molecule has 24 heteroatoms. The molecule has 5 N–H and O–H groups in total. The second-order valence-electron chi connectivity index (χ2n) is 17.4. The van der Waals surface area contributed by atoms with Crippen LogP contribution >= 0.6 is 59.9 Å². The number of hydrogen-bond acceptors (Lipinski definition) is 17. The van der Waals surface area contributed by atoms with Crippen LogP contribution in [0, 0.1) is 6.92 Å². The predicted molar refractivity (Wildman–Crippen MR) is 318 cm³/mol. The summed E-state index contributed by atoms with van der Waals surface area (Å²) in [5.41, 5.74) is 8.35. The third-order valence-corrected chi connectivity index (χ3v) is 12.5. The molecule has 0 aliphatic carbocycles. The minimum atomic E-state index is -0.354. The minimum absolute atomic E-state index is 0.0440. The summed E-state index contributed by atoms with van der Waals surface area (Å²) in [7, 11) is 1.43. The van der Waals surface area contributed by atoms with Gasteiger partial charge >= 0.3 is 70.8 Å². The number of para-hydroxylation sites is 2. The fourth-order valence-electron chi connectivity index (χ4n) is 8.68. The summed E-state index contributed by atoms with van der Waals surface area (Å²) in [6, 6.07) is 15.9. The van der Waals surface area contributed by atoms with Gasteiger partial charge in [0.2, 0.25) is 5.91 Å². The van der Waals surface area contributed by atoms with Crippen molar-refractivity contribution in [3.63, 3.8) is 0 Å². The normalized spacial score (nSPS) is 13.9. The van der Waals surface area contributed by atoms with Gasteiger partial charge in [-0.25, -0.2) is 55.3 Å². The fourth-order valence-corrected chi connectivity index (χ4v) is 8.68. The Morgan fingerprint density at radius 3 is 1.93 bits per heavy atom. The molecule has 7 heterocycles. The maximum absolute atomic E-state index is 11.4. The molecule has 406 valence electrons. The van der Waals surface area contributed by atoms with Crippen LogP contribution in [0.4, 0.5) is 11.6 Å². The van der Waals surface area contributed by atoms with Crippen LogP contribution in [0.15, 0.2) is 73.8 Å². The van der Waals surface area contributed by atoms with Gasteiger partial charge in [0, 0.05) is 30.2 Å². The number of ether oxygens (including phenoxy) is 2. The summed E-state index contributed by atoms with van der Waals surface area (Å²) in [6.45, 7) is 9.94. The fraction of sp³-hybridized carbons (Fsp3) is 0.442. The third kappa shape index (κ3) is 17.5. The summed E-state index contributed by atoms with van der Waals surface area (Å²) in [5.74, 6) is 2.27. The molecule has 1 aliphatic heterocycles. The Morgan fingerprint density at radius 2 is 1.36 bits per heavy atom. The number of anilines is 2. The zero-order valence-corrected chi connectivity index (χ0v) is 51.1. The summed E-state index contributed by atoms with van der Waals surface area (Å²) in [4.78, 5) is 71.5. The number of unbranched alkanes of at least 4 members (excludes halogenated alkanes) is 4. The van der Waals surface area contributed by atoms with Gasteiger partial charge in [0.15, 0.2) is 40.1 Å². The predicted octanol–water partition coefficient (Wildman–Crippen LogP) is 12.3. The molecule has 3 atom stereocenters. The number of aryl methyl sites for hydroxylation is 2. The zero-order chi connectivity index (χ0) is 54.2. The first-order valence-corrected chi connectivity index (χ1v) is 39.1. The number of carbonyl (C=O) groups excluding carboxylic acids is 2. The Kier molecular flexibility index (Phi) is 25.9. The molecule has 20 nitrogen and oxygen atoms in total. The standard InChI is InChI=1S/C28H35N7O3.C22H26N8O2.C2H5.3HI.V/c1-3-20(32-27-25-28(30-17-29-27)35(18-31-25)23-14-9-10-16-38-23)26-33-21(12-5-4-6-15-24(36)37-2)19-11-7-8-13-22(19)34-26;1-2-15(27-22-19-21(24-12-23-19)25-13-26-22)20-28-16(9-4-3-5-11-18(31)30-32)14-8-6-7-10-17(14)29-20;1-2;;;;/h7-8,11,13,17-18,20,23H,3-6,9-10,12,14-16H2,1-2H3,(H,29,30,32);6-8,10,12-13,15,32H,2-5,9,11H2,1H3,(H,30,31)(H2,23,24,25,26,27);1H2,2H3;3*1H;/q;;-1;;;;+3/p-3/t20-,23?;15-;;;;;/m00...../s1. The number of imidazole rings is 2. The van der Waals surface area contributed by atoms with Crippen molar-refractivity contribution in [3.05, 3.63) is 104 Å². The van der Waals surface area contributed by atoms with E-state index < -0.39 is 0 Å². The Hall–Kier alpha value is -4.55. The van der Waals surface area contributed by atoms with E-state index in [9.17, 15) is 9.59 Å². The Bertz CT molecular complexity index is 3070. The molecule has 0 spiro atoms. The molecule has 0 bridgehead atoms. The molecule has 1 unspecified atom stereocenters. The third-order valence-electron chi connectivity index (χ3n) is 12.5. The molecular formula is C52H66I3N15O5V-. The molecule has 2 aromatic carbocycles. The van der Waals surface area contributed by atoms with Crippen molar-refractivity contribution in [3.8, 4) is 0 Å².